The number of fused-ring (bicyclic) bond motifs is 2. The van der Waals surface area contributed by atoms with E-state index < -0.39 is 11.9 Å². The van der Waals surface area contributed by atoms with Crippen molar-refractivity contribution in [3.05, 3.63) is 117 Å². The van der Waals surface area contributed by atoms with Crippen LogP contribution in [0.4, 0.5) is 0 Å². The summed E-state index contributed by atoms with van der Waals surface area (Å²) in [6, 6.07) is 22.4. The molecule has 1 aliphatic carbocycles. The number of benzene rings is 3. The van der Waals surface area contributed by atoms with Crippen molar-refractivity contribution in [3.8, 4) is 5.75 Å². The molecule has 5 nitrogen and oxygen atoms in total. The summed E-state index contributed by atoms with van der Waals surface area (Å²) < 4.78 is 11.3. The topological polar surface area (TPSA) is 64.6 Å². The van der Waals surface area contributed by atoms with Gasteiger partial charge in [0.2, 0.25) is 0 Å². The maximum atomic E-state index is 13.6. The standard InChI is InChI=1S/C28H22ClNO4/c1-16-23(28(32)33-2)24(25-26(30-16)19-7-3-4-8-20(19)27(25)31)21-9-5-6-10-22(21)34-15-17-11-13-18(29)14-12-17/h3-14,24,30H,15H2,1-2H3/t24-/m0/s1. The number of allylic oxidation sites excluding steroid dienone is 2. The van der Waals surface area contributed by atoms with Crippen molar-refractivity contribution in [2.75, 3.05) is 7.11 Å². The molecule has 34 heavy (non-hydrogen) atoms. The number of nitrogens with one attached hydrogen (secondary N) is 1. The summed E-state index contributed by atoms with van der Waals surface area (Å²) in [5, 5.41) is 3.95. The maximum Gasteiger partial charge on any atom is 0.336 e. The van der Waals surface area contributed by atoms with Crippen molar-refractivity contribution >= 4 is 29.1 Å². The summed E-state index contributed by atoms with van der Waals surface area (Å²) in [6.07, 6.45) is 0. The minimum Gasteiger partial charge on any atom is -0.489 e. The van der Waals surface area contributed by atoms with Gasteiger partial charge in [-0.15, -0.1) is 0 Å². The van der Waals surface area contributed by atoms with Crippen molar-refractivity contribution in [3.63, 3.8) is 0 Å². The first-order chi connectivity index (χ1) is 16.5. The molecule has 0 bridgehead atoms. The van der Waals surface area contributed by atoms with E-state index in [1.54, 1.807) is 0 Å². The fourth-order valence-electron chi connectivity index (χ4n) is 4.61. The Labute approximate surface area is 202 Å². The van der Waals surface area contributed by atoms with Crippen molar-refractivity contribution in [1.29, 1.82) is 0 Å². The van der Waals surface area contributed by atoms with Crippen molar-refractivity contribution in [2.24, 2.45) is 0 Å². The molecule has 0 saturated carbocycles. The Bertz CT molecular complexity index is 1370. The lowest BCUT2D eigenvalue weighted by Gasteiger charge is -2.30. The summed E-state index contributed by atoms with van der Waals surface area (Å²) in [5.41, 5.74) is 5.41. The highest BCUT2D eigenvalue weighted by Gasteiger charge is 2.43. The average Bonchev–Trinajstić information content (AvgIpc) is 3.14. The van der Waals surface area contributed by atoms with Gasteiger partial charge in [0.15, 0.2) is 5.78 Å². The molecule has 1 aliphatic heterocycles. The monoisotopic (exact) mass is 471 g/mol. The van der Waals surface area contributed by atoms with Gasteiger partial charge in [-0.3, -0.25) is 4.79 Å². The number of rotatable bonds is 5. The average molecular weight is 472 g/mol. The van der Waals surface area contributed by atoms with Crippen LogP contribution in [0.3, 0.4) is 0 Å². The Hall–Kier alpha value is -3.83. The molecule has 2 aliphatic rings. The zero-order valence-electron chi connectivity index (χ0n) is 18.7. The maximum absolute atomic E-state index is 13.6. The molecule has 0 amide bonds. The van der Waals surface area contributed by atoms with Crippen LogP contribution >= 0.6 is 11.6 Å². The summed E-state index contributed by atoms with van der Waals surface area (Å²) in [4.78, 5) is 26.5. The number of carbonyl (C=O) groups excluding carboxylic acids is 2. The first kappa shape index (κ1) is 22.0. The Kier molecular flexibility index (Phi) is 5.72. The molecule has 1 heterocycles. The third-order valence-corrected chi connectivity index (χ3v) is 6.44. The Morgan fingerprint density at radius 3 is 2.38 bits per heavy atom. The molecule has 3 aromatic rings. The fraction of sp³-hybridized carbons (Fsp3) is 0.143. The predicted molar refractivity (Wildman–Crippen MR) is 131 cm³/mol. The van der Waals surface area contributed by atoms with E-state index in [0.717, 1.165) is 22.4 Å². The van der Waals surface area contributed by atoms with Crippen LogP contribution in [0, 0.1) is 0 Å². The van der Waals surface area contributed by atoms with Gasteiger partial charge < -0.3 is 14.8 Å². The number of hydrogen-bond donors (Lipinski definition) is 1. The van der Waals surface area contributed by atoms with E-state index in [4.69, 9.17) is 21.1 Å². The van der Waals surface area contributed by atoms with E-state index in [2.05, 4.69) is 5.32 Å². The highest BCUT2D eigenvalue weighted by atomic mass is 35.5. The SMILES string of the molecule is COC(=O)C1=C(C)NC2=C(C(=O)c3ccccc32)[C@H]1c1ccccc1OCc1ccc(Cl)cc1. The molecule has 0 spiro atoms. The second kappa shape index (κ2) is 8.84. The number of methoxy groups -OCH3 is 1. The van der Waals surface area contributed by atoms with E-state index in [9.17, 15) is 9.59 Å². The number of esters is 1. The molecule has 3 aromatic carbocycles. The molecule has 170 valence electrons. The van der Waals surface area contributed by atoms with Crippen LogP contribution in [0.2, 0.25) is 5.02 Å². The number of ether oxygens (including phenoxy) is 2. The quantitative estimate of drug-likeness (QED) is 0.486. The summed E-state index contributed by atoms with van der Waals surface area (Å²) in [6.45, 7) is 2.14. The lowest BCUT2D eigenvalue weighted by atomic mass is 9.79. The van der Waals surface area contributed by atoms with Crippen molar-refractivity contribution < 1.29 is 19.1 Å². The number of halogens is 1. The van der Waals surface area contributed by atoms with Crippen LogP contribution in [0.5, 0.6) is 5.75 Å². The zero-order valence-corrected chi connectivity index (χ0v) is 19.5. The zero-order chi connectivity index (χ0) is 23.8. The van der Waals surface area contributed by atoms with Gasteiger partial charge in [-0.2, -0.15) is 0 Å². The molecule has 5 rings (SSSR count). The molecular formula is C28H22ClNO4. The highest BCUT2D eigenvalue weighted by Crippen LogP contribution is 2.48. The molecule has 0 fully saturated rings. The molecule has 1 N–H and O–H groups in total. The summed E-state index contributed by atoms with van der Waals surface area (Å²) >= 11 is 6.00. The number of dihydropyridines is 1. The largest absolute Gasteiger partial charge is 0.489 e. The van der Waals surface area contributed by atoms with Gasteiger partial charge in [-0.25, -0.2) is 4.79 Å². The molecule has 0 unspecified atom stereocenters. The van der Waals surface area contributed by atoms with Crippen LogP contribution in [0.25, 0.3) is 5.70 Å². The number of para-hydroxylation sites is 1. The van der Waals surface area contributed by atoms with E-state index in [0.29, 0.717) is 39.8 Å². The highest BCUT2D eigenvalue weighted by molar-refractivity contribution is 6.30. The van der Waals surface area contributed by atoms with Crippen molar-refractivity contribution in [2.45, 2.75) is 19.4 Å². The van der Waals surface area contributed by atoms with Gasteiger partial charge in [0.25, 0.3) is 0 Å². The van der Waals surface area contributed by atoms with Crippen LogP contribution < -0.4 is 10.1 Å². The minimum atomic E-state index is -0.634. The third kappa shape index (κ3) is 3.68. The van der Waals surface area contributed by atoms with Gasteiger partial charge in [-0.1, -0.05) is 66.2 Å². The summed E-state index contributed by atoms with van der Waals surface area (Å²) in [7, 11) is 1.34. The molecule has 0 radical (unpaired) electrons. The molecular weight excluding hydrogens is 450 g/mol. The van der Waals surface area contributed by atoms with Crippen LogP contribution in [0.1, 0.15) is 39.9 Å². The van der Waals surface area contributed by atoms with Crippen molar-refractivity contribution in [1.82, 2.24) is 5.32 Å². The van der Waals surface area contributed by atoms with E-state index in [-0.39, 0.29) is 5.78 Å². The van der Waals surface area contributed by atoms with E-state index in [1.165, 1.54) is 7.11 Å². The minimum absolute atomic E-state index is 0.107. The normalized spacial score (nSPS) is 16.7. The van der Waals surface area contributed by atoms with Crippen LogP contribution in [-0.2, 0) is 16.1 Å². The third-order valence-electron chi connectivity index (χ3n) is 6.19. The Morgan fingerprint density at radius 2 is 1.65 bits per heavy atom. The summed E-state index contributed by atoms with van der Waals surface area (Å²) in [5.74, 6) is -0.638. The Balaban J connectivity index is 1.61. The van der Waals surface area contributed by atoms with Gasteiger partial charge in [0, 0.05) is 33.0 Å². The smallest absolute Gasteiger partial charge is 0.336 e. The molecule has 0 saturated heterocycles. The first-order valence-electron chi connectivity index (χ1n) is 10.9. The van der Waals surface area contributed by atoms with Crippen LogP contribution in [0.15, 0.2) is 89.6 Å². The number of Topliss-reactive ketones (excluding diaryl/α,β-unsaturated/α-hetero) is 1. The van der Waals surface area contributed by atoms with E-state index in [1.807, 2.05) is 79.7 Å². The lowest BCUT2D eigenvalue weighted by Crippen LogP contribution is -2.29. The fourth-order valence-corrected chi connectivity index (χ4v) is 4.74. The van der Waals surface area contributed by atoms with Crippen LogP contribution in [-0.4, -0.2) is 18.9 Å². The second-order valence-corrected chi connectivity index (χ2v) is 8.64. The number of carbonyl (C=O) groups is 2. The van der Waals surface area contributed by atoms with Gasteiger partial charge in [0.1, 0.15) is 12.4 Å². The second-order valence-electron chi connectivity index (χ2n) is 8.20. The first-order valence-corrected chi connectivity index (χ1v) is 11.3. The number of hydrogen-bond acceptors (Lipinski definition) is 5. The Morgan fingerprint density at radius 1 is 0.971 bits per heavy atom. The van der Waals surface area contributed by atoms with Gasteiger partial charge in [0.05, 0.1) is 24.3 Å². The number of ketones is 1. The lowest BCUT2D eigenvalue weighted by molar-refractivity contribution is -0.136. The predicted octanol–water partition coefficient (Wildman–Crippen LogP) is 5.66. The van der Waals surface area contributed by atoms with Gasteiger partial charge in [-0.05, 0) is 30.7 Å². The van der Waals surface area contributed by atoms with E-state index >= 15 is 0 Å². The van der Waals surface area contributed by atoms with Gasteiger partial charge >= 0.3 is 5.97 Å². The molecule has 6 heteroatoms. The molecule has 1 atom stereocenters. The molecule has 0 aromatic heterocycles.